The SMILES string of the molecule is Cc1ccc(-c2c(F)c(F)c(-c3c(F)c(F)c([B-](c4c(F)c(F)c(-c5c(F)c(F)c(-c6ccc(C(F)(F)F)cc6)c(F)c5F)c(F)c4F)(c4c(F)c(F)c(-c5c(F)c(F)c(-c6ccc(C(F)(F)F)cc6)c(F)c5F)c(F)c4F)c4c(F)c(F)c(-c5c(F)c(F)c(-c6ccc(C(F)(F)F)cc6)c(F)c5F)c(F)c4F)c(F)c3F)c(F)c2F)cc1. The van der Waals surface area contributed by atoms with Crippen LogP contribution < -0.4 is 21.9 Å². The van der Waals surface area contributed by atoms with Crippen LogP contribution >= 0.6 is 0 Å². The Hall–Kier alpha value is -12.2. The zero-order valence-electron chi connectivity index (χ0n) is 55.8. The molecule has 0 nitrogen and oxygen atoms in total. The minimum atomic E-state index is -8.76. The van der Waals surface area contributed by atoms with Crippen LogP contribution in [0.1, 0.15) is 22.3 Å². The van der Waals surface area contributed by atoms with Crippen molar-refractivity contribution < 1.29 is 180 Å². The Morgan fingerprint density at radius 2 is 0.263 bits per heavy atom. The second-order valence-corrected chi connectivity index (χ2v) is 25.2. The lowest BCUT2D eigenvalue weighted by Crippen LogP contribution is -2.81. The highest BCUT2D eigenvalue weighted by atomic mass is 19.4. The van der Waals surface area contributed by atoms with Crippen LogP contribution in [-0.2, 0) is 18.5 Å². The van der Waals surface area contributed by atoms with E-state index in [9.17, 15) is 39.5 Å². The molecule has 0 aliphatic heterocycles. The van der Waals surface area contributed by atoms with Gasteiger partial charge in [0.15, 0.2) is 140 Å². The van der Waals surface area contributed by atoms with Gasteiger partial charge in [0.1, 0.15) is 52.7 Å². The summed E-state index contributed by atoms with van der Waals surface area (Å²) in [5, 5.41) is 0. The van der Waals surface area contributed by atoms with E-state index in [1.54, 1.807) is 0 Å². The maximum absolute atomic E-state index is 18.4. The summed E-state index contributed by atoms with van der Waals surface area (Å²) in [6.45, 7) is 1.25. The Bertz CT molecular complexity index is 5600. The van der Waals surface area contributed by atoms with Crippen molar-refractivity contribution in [2.24, 2.45) is 0 Å². The van der Waals surface area contributed by atoms with Gasteiger partial charge in [0.05, 0.1) is 83.5 Å². The van der Waals surface area contributed by atoms with Crippen LogP contribution in [0.15, 0.2) is 97.1 Å². The van der Waals surface area contributed by atoms with E-state index in [0.717, 1.165) is 12.1 Å². The zero-order chi connectivity index (χ0) is 87.6. The quantitative estimate of drug-likeness (QED) is 0.0650. The number of alkyl halides is 9. The molecular formula is C76H19BF41-. The average molecular weight is 1720 g/mol. The van der Waals surface area contributed by atoms with Gasteiger partial charge < -0.3 is 0 Å². The second-order valence-electron chi connectivity index (χ2n) is 25.2. The largest absolute Gasteiger partial charge is 0.416 e. The minimum Gasteiger partial charge on any atom is -0.207 e. The highest BCUT2D eigenvalue weighted by molar-refractivity contribution is 7.20. The molecular weight excluding hydrogens is 1700 g/mol. The second kappa shape index (κ2) is 29.5. The fourth-order valence-electron chi connectivity index (χ4n) is 13.5. The van der Waals surface area contributed by atoms with E-state index in [1.807, 2.05) is 0 Å². The number of aryl methyl sites for hydroxylation is 1. The van der Waals surface area contributed by atoms with Crippen molar-refractivity contribution in [3.8, 4) is 89.0 Å². The van der Waals surface area contributed by atoms with Gasteiger partial charge in [-0.05, 0) is 65.6 Å². The highest BCUT2D eigenvalue weighted by Crippen LogP contribution is 2.49. The lowest BCUT2D eigenvalue weighted by molar-refractivity contribution is -0.138. The first-order chi connectivity index (χ1) is 54.8. The number of halogens is 41. The third-order valence-corrected chi connectivity index (χ3v) is 18.8. The van der Waals surface area contributed by atoms with Gasteiger partial charge >= 0.3 is 18.5 Å². The van der Waals surface area contributed by atoms with E-state index in [2.05, 4.69) is 0 Å². The summed E-state index contributed by atoms with van der Waals surface area (Å²) in [6, 6.07) is 2.19. The summed E-state index contributed by atoms with van der Waals surface area (Å²) in [5.74, 6) is -124. The number of benzene rings is 12. The molecule has 0 fully saturated rings. The van der Waals surface area contributed by atoms with Crippen molar-refractivity contribution in [2.75, 3.05) is 0 Å². The molecule has 12 aromatic carbocycles. The van der Waals surface area contributed by atoms with E-state index in [1.165, 1.54) is 6.92 Å². The fourth-order valence-corrected chi connectivity index (χ4v) is 13.5. The van der Waals surface area contributed by atoms with Crippen molar-refractivity contribution in [2.45, 2.75) is 25.5 Å². The van der Waals surface area contributed by atoms with Crippen LogP contribution in [0.4, 0.5) is 180 Å². The molecule has 614 valence electrons. The first kappa shape index (κ1) is 85.2. The molecule has 42 heteroatoms. The maximum Gasteiger partial charge on any atom is 0.416 e. The number of hydrogen-bond acceptors (Lipinski definition) is 0. The van der Waals surface area contributed by atoms with Gasteiger partial charge in [0.25, 0.3) is 0 Å². The third-order valence-electron chi connectivity index (χ3n) is 18.8. The molecule has 0 N–H and O–H groups in total. The smallest absolute Gasteiger partial charge is 0.207 e. The first-order valence-corrected chi connectivity index (χ1v) is 31.4. The maximum atomic E-state index is 18.4. The van der Waals surface area contributed by atoms with E-state index >= 15 is 140 Å². The van der Waals surface area contributed by atoms with Crippen LogP contribution in [0, 0.1) is 193 Å². The normalized spacial score (nSPS) is 12.3. The molecule has 0 heterocycles. The predicted molar refractivity (Wildman–Crippen MR) is 332 cm³/mol. The average Bonchev–Trinajstić information content (AvgIpc) is 0.672. The van der Waals surface area contributed by atoms with Gasteiger partial charge in [0.2, 0.25) is 0 Å². The molecule has 0 aliphatic carbocycles. The third kappa shape index (κ3) is 12.7. The first-order valence-electron chi connectivity index (χ1n) is 31.4. The molecule has 0 saturated heterocycles. The number of rotatable bonds is 12. The summed E-state index contributed by atoms with van der Waals surface area (Å²) in [4.78, 5) is 0. The lowest BCUT2D eigenvalue weighted by atomic mass is 9.12. The summed E-state index contributed by atoms with van der Waals surface area (Å²) in [5.41, 5.74) is -65.5. The molecule has 0 atom stereocenters. The number of hydrogen-bond donors (Lipinski definition) is 0. The lowest BCUT2D eigenvalue weighted by Gasteiger charge is -2.45. The Labute approximate surface area is 626 Å². The van der Waals surface area contributed by atoms with E-state index in [-0.39, 0.29) is 78.4 Å². The molecule has 0 spiro atoms. The fraction of sp³-hybridized carbons (Fsp3) is 0.0526. The Balaban J connectivity index is 1.29. The van der Waals surface area contributed by atoms with Crippen molar-refractivity contribution in [1.29, 1.82) is 0 Å². The molecule has 0 radical (unpaired) electrons. The standard InChI is InChI=1S/C76H19BF41/c1-18-2-4-19(5-3-18)26-42(78)50(86)30(51(87)43(26)79)34-58(94)66(102)38(67(103)59(34)95)77(39-68(104)60(96)35(61(97)69(39)105)31-52(88)44(80)27(45(81)53(31)89)20-6-12-23(13-7-20)74(110,111)112,40-70(106)62(98)36(63(99)71(40)107)32-54(90)46(82)28(47(83)55(32)91)21-8-14-24(15-9-21)75(113,114)115)41-72(108)64(100)37(65(101)73(41)109)33-56(92)48(84)29(49(85)57(33)93)22-10-16-25(17-11-22)76(116,117)118/h2-17H,1H3/q-1. The van der Waals surface area contributed by atoms with Crippen LogP contribution in [0.25, 0.3) is 89.0 Å². The molecule has 0 saturated carbocycles. The molecule has 0 aliphatic rings. The van der Waals surface area contributed by atoms with Crippen molar-refractivity contribution in [3.05, 3.63) is 305 Å². The molecule has 0 unspecified atom stereocenters. The van der Waals surface area contributed by atoms with E-state index in [0.29, 0.717) is 12.1 Å². The molecule has 12 rings (SSSR count). The van der Waals surface area contributed by atoms with Crippen molar-refractivity contribution >= 4 is 28.0 Å². The van der Waals surface area contributed by atoms with Crippen LogP contribution in [-0.4, -0.2) is 6.15 Å². The predicted octanol–water partition coefficient (Wildman–Crippen LogP) is 24.2. The van der Waals surface area contributed by atoms with E-state index < -0.39 is 338 Å². The van der Waals surface area contributed by atoms with Gasteiger partial charge in [-0.1, -0.05) is 66.2 Å². The molecule has 0 amide bonds. The van der Waals surface area contributed by atoms with E-state index in [4.69, 9.17) is 0 Å². The van der Waals surface area contributed by atoms with Crippen molar-refractivity contribution in [1.82, 2.24) is 0 Å². The Morgan fingerprint density at radius 1 is 0.153 bits per heavy atom. The Kier molecular flexibility index (Phi) is 21.3. The summed E-state index contributed by atoms with van der Waals surface area (Å²) in [7, 11) is 0. The topological polar surface area (TPSA) is 0 Å². The van der Waals surface area contributed by atoms with Crippen LogP contribution in [0.2, 0.25) is 0 Å². The van der Waals surface area contributed by atoms with Gasteiger partial charge in [-0.25, -0.2) is 140 Å². The van der Waals surface area contributed by atoms with Gasteiger partial charge in [0, 0.05) is 0 Å². The minimum absolute atomic E-state index is 0.0345. The van der Waals surface area contributed by atoms with Gasteiger partial charge in [-0.2, -0.15) is 39.5 Å². The highest BCUT2D eigenvalue weighted by Gasteiger charge is 2.54. The van der Waals surface area contributed by atoms with Crippen molar-refractivity contribution in [3.63, 3.8) is 0 Å². The van der Waals surface area contributed by atoms with Crippen LogP contribution in [0.5, 0.6) is 0 Å². The monoisotopic (exact) mass is 1720 g/mol. The molecule has 0 bridgehead atoms. The molecule has 118 heavy (non-hydrogen) atoms. The van der Waals surface area contributed by atoms with Gasteiger partial charge in [-0.3, -0.25) is 0 Å². The summed E-state index contributed by atoms with van der Waals surface area (Å²) < 4.78 is 671. The van der Waals surface area contributed by atoms with Crippen LogP contribution in [0.3, 0.4) is 0 Å². The Morgan fingerprint density at radius 3 is 0.390 bits per heavy atom. The zero-order valence-corrected chi connectivity index (χ0v) is 55.8. The molecule has 12 aromatic rings. The van der Waals surface area contributed by atoms with Gasteiger partial charge in [-0.15, -0.1) is 21.9 Å². The summed E-state index contributed by atoms with van der Waals surface area (Å²) >= 11 is 0. The molecule has 0 aromatic heterocycles. The summed E-state index contributed by atoms with van der Waals surface area (Å²) in [6.07, 6.45) is -24.9.